The average Bonchev–Trinajstić information content (AvgIpc) is 2.55. The number of hydrogen-bond donors (Lipinski definition) is 1. The summed E-state index contributed by atoms with van der Waals surface area (Å²) in [5.74, 6) is 0. The van der Waals surface area contributed by atoms with Gasteiger partial charge in [0.25, 0.3) is 0 Å². The minimum absolute atomic E-state index is 1.09. The van der Waals surface area contributed by atoms with Crippen molar-refractivity contribution in [2.45, 2.75) is 27.7 Å². The maximum absolute atomic E-state index is 3.91. The first-order valence-corrected chi connectivity index (χ1v) is 4.54. The van der Waals surface area contributed by atoms with E-state index in [-0.39, 0.29) is 0 Å². The van der Waals surface area contributed by atoms with Crippen molar-refractivity contribution in [1.29, 1.82) is 0 Å². The number of aryl methyl sites for hydroxylation is 1. The van der Waals surface area contributed by atoms with E-state index in [1.165, 1.54) is 0 Å². The molecule has 0 amide bonds. The smallest absolute Gasteiger partial charge is 0.0562 e. The quantitative estimate of drug-likeness (QED) is 0.691. The third-order valence-electron chi connectivity index (χ3n) is 1.57. The van der Waals surface area contributed by atoms with Gasteiger partial charge in [0, 0.05) is 11.3 Å². The van der Waals surface area contributed by atoms with Crippen LogP contribution in [0.1, 0.15) is 32.0 Å². The maximum Gasteiger partial charge on any atom is 0.0562 e. The van der Waals surface area contributed by atoms with E-state index in [4.69, 9.17) is 0 Å². The third-order valence-corrected chi connectivity index (χ3v) is 1.57. The molecule has 0 aliphatic rings. The lowest BCUT2D eigenvalue weighted by Crippen LogP contribution is -1.74. The molecule has 0 bridgehead atoms. The maximum atomic E-state index is 3.91. The second kappa shape index (κ2) is 6.23. The molecule has 0 unspecified atom stereocenters. The van der Waals surface area contributed by atoms with Crippen LogP contribution in [0.25, 0.3) is 6.08 Å². The number of H-pyrrole nitrogens is 1. The van der Waals surface area contributed by atoms with Crippen LogP contribution in [0.5, 0.6) is 0 Å². The van der Waals surface area contributed by atoms with Crippen LogP contribution in [0.4, 0.5) is 0 Å². The molecule has 2 heteroatoms. The van der Waals surface area contributed by atoms with Crippen molar-refractivity contribution >= 4 is 6.08 Å². The molecule has 0 radical (unpaired) electrons. The Kier molecular flexibility index (Phi) is 5.60. The molecule has 0 aliphatic heterocycles. The number of allylic oxidation sites excluding steroid dienone is 2. The number of hydrogen-bond acceptors (Lipinski definition) is 1. The van der Waals surface area contributed by atoms with Crippen LogP contribution < -0.4 is 0 Å². The van der Waals surface area contributed by atoms with E-state index < -0.39 is 0 Å². The predicted molar refractivity (Wildman–Crippen MR) is 58.5 cm³/mol. The number of nitrogens with zero attached hydrogens (tertiary/aromatic N) is 1. The van der Waals surface area contributed by atoms with Gasteiger partial charge < -0.3 is 0 Å². The van der Waals surface area contributed by atoms with Crippen molar-refractivity contribution in [2.24, 2.45) is 0 Å². The first-order chi connectivity index (χ1) is 6.24. The van der Waals surface area contributed by atoms with Gasteiger partial charge in [-0.1, -0.05) is 32.1 Å². The van der Waals surface area contributed by atoms with Crippen LogP contribution in [0.2, 0.25) is 0 Å². The molecule has 1 N–H and O–H groups in total. The van der Waals surface area contributed by atoms with E-state index >= 15 is 0 Å². The Balaban J connectivity index is 0.000000671. The summed E-state index contributed by atoms with van der Waals surface area (Å²) < 4.78 is 0. The highest BCUT2D eigenvalue weighted by molar-refractivity contribution is 5.55. The monoisotopic (exact) mass is 178 g/mol. The van der Waals surface area contributed by atoms with Crippen LogP contribution in [-0.2, 0) is 0 Å². The van der Waals surface area contributed by atoms with Crippen molar-refractivity contribution in [3.8, 4) is 0 Å². The minimum Gasteiger partial charge on any atom is -0.282 e. The summed E-state index contributed by atoms with van der Waals surface area (Å²) in [5.41, 5.74) is 3.36. The highest BCUT2D eigenvalue weighted by atomic mass is 15.1. The molecule has 13 heavy (non-hydrogen) atoms. The van der Waals surface area contributed by atoms with E-state index in [1.54, 1.807) is 0 Å². The molecule has 0 spiro atoms. The molecule has 0 fully saturated rings. The lowest BCUT2D eigenvalue weighted by atomic mass is 10.2. The van der Waals surface area contributed by atoms with Gasteiger partial charge in [0.15, 0.2) is 0 Å². The Morgan fingerprint density at radius 3 is 2.54 bits per heavy atom. The summed E-state index contributed by atoms with van der Waals surface area (Å²) in [6.45, 7) is 11.7. The summed E-state index contributed by atoms with van der Waals surface area (Å²) in [6.07, 6.45) is 5.68. The van der Waals surface area contributed by atoms with Gasteiger partial charge >= 0.3 is 0 Å². The van der Waals surface area contributed by atoms with Crippen molar-refractivity contribution in [1.82, 2.24) is 10.2 Å². The number of aromatic nitrogens is 2. The van der Waals surface area contributed by atoms with E-state index in [2.05, 4.69) is 16.8 Å². The fourth-order valence-electron chi connectivity index (χ4n) is 0.810. The molecule has 2 nitrogen and oxygen atoms in total. The van der Waals surface area contributed by atoms with Crippen LogP contribution >= 0.6 is 0 Å². The summed E-state index contributed by atoms with van der Waals surface area (Å²) in [4.78, 5) is 0. The number of nitrogens with one attached hydrogen (secondary N) is 1. The zero-order chi connectivity index (χ0) is 10.3. The topological polar surface area (TPSA) is 28.7 Å². The van der Waals surface area contributed by atoms with E-state index in [9.17, 15) is 0 Å². The Labute approximate surface area is 80.4 Å². The average molecular weight is 178 g/mol. The molecule has 0 saturated heterocycles. The van der Waals surface area contributed by atoms with Gasteiger partial charge in [-0.3, -0.25) is 5.10 Å². The summed E-state index contributed by atoms with van der Waals surface area (Å²) in [5, 5.41) is 6.77. The second-order valence-corrected chi connectivity index (χ2v) is 2.54. The zero-order valence-corrected chi connectivity index (χ0v) is 8.89. The standard InChI is InChI=1S/C9H12N2.C2H6/c1-4-7(2)5-9-6-10-11-8(9)3;1-2/h4-6H,1H2,2-3H3,(H,10,11);1-2H3/b7-5-;. The van der Waals surface area contributed by atoms with Gasteiger partial charge in [-0.15, -0.1) is 0 Å². The lowest BCUT2D eigenvalue weighted by molar-refractivity contribution is 1.05. The van der Waals surface area contributed by atoms with E-state index in [0.717, 1.165) is 16.8 Å². The third kappa shape index (κ3) is 3.74. The summed E-state index contributed by atoms with van der Waals surface area (Å²) in [7, 11) is 0. The van der Waals surface area contributed by atoms with Crippen molar-refractivity contribution < 1.29 is 0 Å². The van der Waals surface area contributed by atoms with Crippen LogP contribution in [-0.4, -0.2) is 10.2 Å². The fourth-order valence-corrected chi connectivity index (χ4v) is 0.810. The van der Waals surface area contributed by atoms with Gasteiger partial charge in [-0.25, -0.2) is 0 Å². The molecular formula is C11H18N2. The Morgan fingerprint density at radius 1 is 1.54 bits per heavy atom. The molecule has 72 valence electrons. The predicted octanol–water partition coefficient (Wildman–Crippen LogP) is 3.33. The highest BCUT2D eigenvalue weighted by Crippen LogP contribution is 2.08. The fraction of sp³-hybridized carbons (Fsp3) is 0.364. The number of rotatable bonds is 2. The summed E-state index contributed by atoms with van der Waals surface area (Å²) >= 11 is 0. The molecule has 1 heterocycles. The summed E-state index contributed by atoms with van der Waals surface area (Å²) in [6, 6.07) is 0. The van der Waals surface area contributed by atoms with Crippen LogP contribution in [0.15, 0.2) is 24.4 Å². The largest absolute Gasteiger partial charge is 0.282 e. The highest BCUT2D eigenvalue weighted by Gasteiger charge is 1.94. The Bertz CT molecular complexity index is 282. The normalized spacial score (nSPS) is 10.3. The van der Waals surface area contributed by atoms with Gasteiger partial charge in [0.2, 0.25) is 0 Å². The van der Waals surface area contributed by atoms with E-state index in [0.29, 0.717) is 0 Å². The SMILES string of the molecule is C=C/C(C)=C\c1cn[nH]c1C.CC. The van der Waals surface area contributed by atoms with E-state index in [1.807, 2.05) is 46.0 Å². The van der Waals surface area contributed by atoms with Crippen LogP contribution in [0.3, 0.4) is 0 Å². The molecule has 1 rings (SSSR count). The van der Waals surface area contributed by atoms with Gasteiger partial charge in [0.05, 0.1) is 6.20 Å². The van der Waals surface area contributed by atoms with Gasteiger partial charge in [-0.05, 0) is 19.9 Å². The first kappa shape index (κ1) is 11.7. The molecule has 0 aromatic carbocycles. The molecule has 0 atom stereocenters. The molecule has 1 aromatic heterocycles. The van der Waals surface area contributed by atoms with Crippen molar-refractivity contribution in [3.63, 3.8) is 0 Å². The molecule has 1 aromatic rings. The van der Waals surface area contributed by atoms with Gasteiger partial charge in [-0.2, -0.15) is 5.10 Å². The molecular weight excluding hydrogens is 160 g/mol. The Hall–Kier alpha value is -1.31. The molecule has 0 aliphatic carbocycles. The second-order valence-electron chi connectivity index (χ2n) is 2.54. The van der Waals surface area contributed by atoms with Crippen LogP contribution in [0, 0.1) is 6.92 Å². The Morgan fingerprint density at radius 2 is 2.15 bits per heavy atom. The van der Waals surface area contributed by atoms with Crippen molar-refractivity contribution in [2.75, 3.05) is 0 Å². The van der Waals surface area contributed by atoms with Crippen molar-refractivity contribution in [3.05, 3.63) is 35.7 Å². The zero-order valence-electron chi connectivity index (χ0n) is 8.89. The molecule has 0 saturated carbocycles. The minimum atomic E-state index is 1.09. The number of aromatic amines is 1. The lowest BCUT2D eigenvalue weighted by Gasteiger charge is -1.90. The first-order valence-electron chi connectivity index (χ1n) is 4.54. The van der Waals surface area contributed by atoms with Gasteiger partial charge in [0.1, 0.15) is 0 Å².